The molecule has 19 heavy (non-hydrogen) atoms. The summed E-state index contributed by atoms with van der Waals surface area (Å²) in [6.45, 7) is 1.03. The van der Waals surface area contributed by atoms with Gasteiger partial charge in [-0.1, -0.05) is 17.7 Å². The van der Waals surface area contributed by atoms with Gasteiger partial charge in [-0.15, -0.1) is 0 Å². The van der Waals surface area contributed by atoms with E-state index in [1.165, 1.54) is 0 Å². The SMILES string of the molecule is N=C(N)c1c(Cl)cccc1N1CCCS(=O)(=O)CC1. The fourth-order valence-electron chi connectivity index (χ4n) is 2.22. The Labute approximate surface area is 117 Å². The van der Waals surface area contributed by atoms with Crippen LogP contribution >= 0.6 is 11.6 Å². The van der Waals surface area contributed by atoms with E-state index < -0.39 is 9.84 Å². The van der Waals surface area contributed by atoms with E-state index in [0.717, 1.165) is 5.69 Å². The molecule has 0 atom stereocenters. The van der Waals surface area contributed by atoms with Crippen LogP contribution in [0.2, 0.25) is 5.02 Å². The van der Waals surface area contributed by atoms with Gasteiger partial charge < -0.3 is 10.6 Å². The van der Waals surface area contributed by atoms with Crippen molar-refractivity contribution >= 4 is 33.0 Å². The van der Waals surface area contributed by atoms with Crippen molar-refractivity contribution in [2.45, 2.75) is 6.42 Å². The Morgan fingerprint density at radius 2 is 2.05 bits per heavy atom. The lowest BCUT2D eigenvalue weighted by atomic mass is 10.1. The van der Waals surface area contributed by atoms with E-state index >= 15 is 0 Å². The van der Waals surface area contributed by atoms with Crippen LogP contribution in [0.15, 0.2) is 18.2 Å². The smallest absolute Gasteiger partial charge is 0.152 e. The summed E-state index contributed by atoms with van der Waals surface area (Å²) in [5.41, 5.74) is 6.78. The van der Waals surface area contributed by atoms with Crippen LogP contribution in [0.4, 0.5) is 5.69 Å². The van der Waals surface area contributed by atoms with Gasteiger partial charge in [0.25, 0.3) is 0 Å². The molecule has 1 aliphatic heterocycles. The van der Waals surface area contributed by atoms with Crippen LogP contribution in [-0.4, -0.2) is 38.8 Å². The number of nitrogens with two attached hydrogens (primary N) is 1. The maximum Gasteiger partial charge on any atom is 0.152 e. The minimum atomic E-state index is -2.96. The van der Waals surface area contributed by atoms with Crippen molar-refractivity contribution in [2.75, 3.05) is 29.5 Å². The highest BCUT2D eigenvalue weighted by molar-refractivity contribution is 7.91. The number of rotatable bonds is 2. The summed E-state index contributed by atoms with van der Waals surface area (Å²) in [7, 11) is -2.96. The van der Waals surface area contributed by atoms with Gasteiger partial charge in [-0.2, -0.15) is 0 Å². The molecule has 1 saturated heterocycles. The quantitative estimate of drug-likeness (QED) is 0.636. The summed E-state index contributed by atoms with van der Waals surface area (Å²) in [5, 5.41) is 8.03. The second kappa shape index (κ2) is 5.38. The van der Waals surface area contributed by atoms with Gasteiger partial charge in [-0.3, -0.25) is 5.41 Å². The third kappa shape index (κ3) is 3.19. The third-order valence-corrected chi connectivity index (χ3v) is 5.19. The van der Waals surface area contributed by atoms with Crippen LogP contribution < -0.4 is 10.6 Å². The zero-order valence-electron chi connectivity index (χ0n) is 10.4. The molecule has 0 saturated carbocycles. The summed E-state index contributed by atoms with van der Waals surface area (Å²) in [6.07, 6.45) is 0.576. The molecule has 0 aliphatic carbocycles. The molecule has 5 nitrogen and oxygen atoms in total. The molecule has 104 valence electrons. The lowest BCUT2D eigenvalue weighted by Crippen LogP contribution is -2.29. The van der Waals surface area contributed by atoms with Crippen LogP contribution in [0.5, 0.6) is 0 Å². The highest BCUT2D eigenvalue weighted by atomic mass is 35.5. The molecule has 1 aromatic rings. The van der Waals surface area contributed by atoms with E-state index in [4.69, 9.17) is 22.7 Å². The van der Waals surface area contributed by atoms with Crippen molar-refractivity contribution in [1.82, 2.24) is 0 Å². The number of benzene rings is 1. The molecular formula is C12H16ClN3O2S. The Hall–Kier alpha value is -1.27. The number of sulfone groups is 1. The van der Waals surface area contributed by atoms with Crippen LogP contribution in [0, 0.1) is 5.41 Å². The zero-order chi connectivity index (χ0) is 14.0. The van der Waals surface area contributed by atoms with Crippen molar-refractivity contribution in [3.05, 3.63) is 28.8 Å². The number of nitrogens with zero attached hydrogens (tertiary/aromatic N) is 1. The summed E-state index contributed by atoms with van der Waals surface area (Å²) in [5.74, 6) is 0.226. The number of nitrogen functional groups attached to an aromatic ring is 1. The Morgan fingerprint density at radius 3 is 2.74 bits per heavy atom. The number of halogens is 1. The predicted octanol–water partition coefficient (Wildman–Crippen LogP) is 1.25. The maximum absolute atomic E-state index is 11.6. The maximum atomic E-state index is 11.6. The zero-order valence-corrected chi connectivity index (χ0v) is 12.0. The van der Waals surface area contributed by atoms with Gasteiger partial charge in [0.15, 0.2) is 9.84 Å². The van der Waals surface area contributed by atoms with Gasteiger partial charge in [-0.25, -0.2) is 8.42 Å². The van der Waals surface area contributed by atoms with E-state index in [-0.39, 0.29) is 17.3 Å². The molecule has 1 heterocycles. The van der Waals surface area contributed by atoms with E-state index in [9.17, 15) is 8.42 Å². The molecule has 1 fully saturated rings. The Kier molecular flexibility index (Phi) is 4.01. The topological polar surface area (TPSA) is 87.2 Å². The molecular weight excluding hydrogens is 286 g/mol. The lowest BCUT2D eigenvalue weighted by molar-refractivity contribution is 0.597. The summed E-state index contributed by atoms with van der Waals surface area (Å²) >= 11 is 6.07. The van der Waals surface area contributed by atoms with Crippen molar-refractivity contribution < 1.29 is 8.42 Å². The number of nitrogens with one attached hydrogen (secondary N) is 1. The second-order valence-electron chi connectivity index (χ2n) is 4.54. The molecule has 7 heteroatoms. The molecule has 0 unspecified atom stereocenters. The van der Waals surface area contributed by atoms with Gasteiger partial charge in [-0.05, 0) is 18.6 Å². The number of hydrogen-bond donors (Lipinski definition) is 2. The lowest BCUT2D eigenvalue weighted by Gasteiger charge is -2.25. The van der Waals surface area contributed by atoms with E-state index in [2.05, 4.69) is 0 Å². The molecule has 0 amide bonds. The number of amidine groups is 1. The predicted molar refractivity (Wildman–Crippen MR) is 78.0 cm³/mol. The van der Waals surface area contributed by atoms with Crippen LogP contribution in [-0.2, 0) is 9.84 Å². The van der Waals surface area contributed by atoms with Crippen LogP contribution in [0.1, 0.15) is 12.0 Å². The highest BCUT2D eigenvalue weighted by Gasteiger charge is 2.22. The van der Waals surface area contributed by atoms with Gasteiger partial charge in [0, 0.05) is 18.8 Å². The average Bonchev–Trinajstić information content (AvgIpc) is 2.49. The van der Waals surface area contributed by atoms with Gasteiger partial charge in [0.1, 0.15) is 5.84 Å². The van der Waals surface area contributed by atoms with Crippen molar-refractivity contribution in [1.29, 1.82) is 5.41 Å². The summed E-state index contributed by atoms with van der Waals surface area (Å²) in [4.78, 5) is 1.94. The van der Waals surface area contributed by atoms with E-state index in [1.807, 2.05) is 11.0 Å². The standard InChI is InChI=1S/C12H16ClN3O2S/c13-9-3-1-4-10(11(9)12(14)15)16-5-2-7-19(17,18)8-6-16/h1,3-4H,2,5-8H2,(H3,14,15). The normalized spacial score (nSPS) is 18.9. The van der Waals surface area contributed by atoms with Crippen LogP contribution in [0.25, 0.3) is 0 Å². The first-order chi connectivity index (χ1) is 8.91. The second-order valence-corrected chi connectivity index (χ2v) is 7.25. The van der Waals surface area contributed by atoms with Gasteiger partial charge in [0.05, 0.1) is 22.1 Å². The molecule has 1 aliphatic rings. The molecule has 3 N–H and O–H groups in total. The van der Waals surface area contributed by atoms with Gasteiger partial charge >= 0.3 is 0 Å². The Balaban J connectivity index is 2.37. The minimum absolute atomic E-state index is 0.104. The summed E-state index contributed by atoms with van der Waals surface area (Å²) < 4.78 is 23.2. The van der Waals surface area contributed by atoms with E-state index in [1.54, 1.807) is 12.1 Å². The number of hydrogen-bond acceptors (Lipinski definition) is 4. The Morgan fingerprint density at radius 1 is 1.32 bits per heavy atom. The van der Waals surface area contributed by atoms with Crippen LogP contribution in [0.3, 0.4) is 0 Å². The molecule has 2 rings (SSSR count). The van der Waals surface area contributed by atoms with Crippen molar-refractivity contribution in [2.24, 2.45) is 5.73 Å². The Bertz CT molecular complexity index is 601. The largest absolute Gasteiger partial charge is 0.384 e. The first-order valence-electron chi connectivity index (χ1n) is 5.99. The molecule has 0 bridgehead atoms. The molecule has 0 spiro atoms. The molecule has 0 radical (unpaired) electrons. The fourth-order valence-corrected chi connectivity index (χ4v) is 3.77. The third-order valence-electron chi connectivity index (χ3n) is 3.16. The minimum Gasteiger partial charge on any atom is -0.384 e. The summed E-state index contributed by atoms with van der Waals surface area (Å²) in [6, 6.07) is 5.28. The highest BCUT2D eigenvalue weighted by Crippen LogP contribution is 2.28. The first-order valence-corrected chi connectivity index (χ1v) is 8.19. The molecule has 1 aromatic carbocycles. The van der Waals surface area contributed by atoms with E-state index in [0.29, 0.717) is 30.1 Å². The fraction of sp³-hybridized carbons (Fsp3) is 0.417. The van der Waals surface area contributed by atoms with Crippen molar-refractivity contribution in [3.8, 4) is 0 Å². The first kappa shape index (κ1) is 14.1. The van der Waals surface area contributed by atoms with Crippen molar-refractivity contribution in [3.63, 3.8) is 0 Å². The number of anilines is 1. The molecule has 0 aromatic heterocycles. The average molecular weight is 302 g/mol. The monoisotopic (exact) mass is 301 g/mol. The van der Waals surface area contributed by atoms with Gasteiger partial charge in [0.2, 0.25) is 0 Å².